The second kappa shape index (κ2) is 17.0. The van der Waals surface area contributed by atoms with Crippen molar-refractivity contribution >= 4 is 23.8 Å². The molecule has 302 valence electrons. The van der Waals surface area contributed by atoms with Gasteiger partial charge in [-0.05, 0) is 97.6 Å². The summed E-state index contributed by atoms with van der Waals surface area (Å²) >= 11 is 0. The first kappa shape index (κ1) is 39.8. The summed E-state index contributed by atoms with van der Waals surface area (Å²) in [4.78, 5) is 72.0. The van der Waals surface area contributed by atoms with Crippen molar-refractivity contribution in [3.8, 4) is 22.5 Å². The standard InChI is InChI=1S/C44H56N8O5/c1-25(2)38(47-27(5)53)42(54)51-19-7-9-36(51)40-45-23-34(48-40)32-21-28-11-15-30(32)16-12-29-14-18-31(17-13-28)33(22-29)35-24-46-41(49-35)37-10-8-20-52(37)43(55)39(26(3)4)50-44(56)57-6/h11,14-15,18,21-26,36-39H,7-10,12-13,16-17,19-20H2,1-6H3,(H,45,48)(H,46,49)(H,47,53)(H,50,56). The van der Waals surface area contributed by atoms with Gasteiger partial charge in [0, 0.05) is 31.1 Å². The molecule has 4 N–H and O–H groups in total. The van der Waals surface area contributed by atoms with Crippen molar-refractivity contribution in [2.75, 3.05) is 20.2 Å². The summed E-state index contributed by atoms with van der Waals surface area (Å²) in [6, 6.07) is 11.9. The van der Waals surface area contributed by atoms with Gasteiger partial charge in [0.15, 0.2) is 0 Å². The van der Waals surface area contributed by atoms with Gasteiger partial charge in [0.1, 0.15) is 23.7 Å². The van der Waals surface area contributed by atoms with Gasteiger partial charge in [0.2, 0.25) is 17.7 Å². The fourth-order valence-electron chi connectivity index (χ4n) is 8.76. The quantitative estimate of drug-likeness (QED) is 0.149. The zero-order valence-corrected chi connectivity index (χ0v) is 34.0. The van der Waals surface area contributed by atoms with Crippen LogP contribution in [0.4, 0.5) is 4.79 Å². The number of carbonyl (C=O) groups is 4. The third kappa shape index (κ3) is 8.47. The van der Waals surface area contributed by atoms with Crippen LogP contribution in [0.3, 0.4) is 0 Å². The Morgan fingerprint density at radius 3 is 1.58 bits per heavy atom. The molecule has 0 saturated carbocycles. The normalized spacial score (nSPS) is 19.1. The summed E-state index contributed by atoms with van der Waals surface area (Å²) in [5.74, 6) is 1.00. The maximum atomic E-state index is 13.7. The molecule has 0 radical (unpaired) electrons. The number of ether oxygens (including phenoxy) is 1. The number of hydrogen-bond donors (Lipinski definition) is 4. The molecular formula is C44H56N8O5. The number of imidazole rings is 2. The average molecular weight is 777 g/mol. The number of aryl methyl sites for hydroxylation is 4. The Hall–Kier alpha value is -5.46. The van der Waals surface area contributed by atoms with Crippen LogP contribution in [0, 0.1) is 11.8 Å². The van der Waals surface area contributed by atoms with Crippen LogP contribution in [0.25, 0.3) is 22.5 Å². The van der Waals surface area contributed by atoms with Gasteiger partial charge in [0.05, 0.1) is 43.0 Å². The van der Waals surface area contributed by atoms with E-state index in [0.29, 0.717) is 13.1 Å². The maximum Gasteiger partial charge on any atom is 0.407 e. The van der Waals surface area contributed by atoms with Crippen molar-refractivity contribution in [2.24, 2.45) is 11.8 Å². The first-order chi connectivity index (χ1) is 27.4. The van der Waals surface area contributed by atoms with Gasteiger partial charge in [-0.25, -0.2) is 14.8 Å². The predicted octanol–water partition coefficient (Wildman–Crippen LogP) is 6.22. The van der Waals surface area contributed by atoms with Crippen molar-refractivity contribution in [1.29, 1.82) is 0 Å². The lowest BCUT2D eigenvalue weighted by atomic mass is 9.90. The molecule has 10 rings (SSSR count). The number of likely N-dealkylation sites (tertiary alicyclic amines) is 2. The summed E-state index contributed by atoms with van der Waals surface area (Å²) in [6.07, 6.45) is 9.84. The molecule has 4 heterocycles. The number of methoxy groups -OCH3 is 1. The number of H-pyrrole nitrogens is 2. The molecule has 4 aromatic rings. The molecule has 4 unspecified atom stereocenters. The van der Waals surface area contributed by atoms with Crippen molar-refractivity contribution in [1.82, 2.24) is 40.4 Å². The Morgan fingerprint density at radius 1 is 0.702 bits per heavy atom. The number of hydrogen-bond acceptors (Lipinski definition) is 7. The molecule has 0 spiro atoms. The van der Waals surface area contributed by atoms with Crippen molar-refractivity contribution < 1.29 is 23.9 Å². The molecule has 13 nitrogen and oxygen atoms in total. The van der Waals surface area contributed by atoms with E-state index < -0.39 is 18.2 Å². The minimum Gasteiger partial charge on any atom is -0.453 e. The molecule has 57 heavy (non-hydrogen) atoms. The van der Waals surface area contributed by atoms with E-state index in [-0.39, 0.29) is 41.6 Å². The highest BCUT2D eigenvalue weighted by atomic mass is 16.5. The van der Waals surface area contributed by atoms with E-state index in [9.17, 15) is 19.2 Å². The Balaban J connectivity index is 1.09. The number of aromatic nitrogens is 4. The van der Waals surface area contributed by atoms with E-state index in [4.69, 9.17) is 14.7 Å². The molecular weight excluding hydrogens is 721 g/mol. The minimum atomic E-state index is -0.688. The van der Waals surface area contributed by atoms with Crippen LogP contribution in [0.1, 0.15) is 106 Å². The van der Waals surface area contributed by atoms with E-state index in [0.717, 1.165) is 85.5 Å². The Bertz CT molecular complexity index is 2120. The van der Waals surface area contributed by atoms with Crippen molar-refractivity contribution in [3.05, 3.63) is 82.7 Å². The number of nitrogens with zero attached hydrogens (tertiary/aromatic N) is 4. The van der Waals surface area contributed by atoms with E-state index in [1.165, 1.54) is 36.3 Å². The Labute approximate surface area is 334 Å². The lowest BCUT2D eigenvalue weighted by molar-refractivity contribution is -0.138. The highest BCUT2D eigenvalue weighted by Gasteiger charge is 2.39. The molecule has 2 aliphatic heterocycles. The second-order valence-corrected chi connectivity index (χ2v) is 16.5. The SMILES string of the molecule is COC(=O)NC(C(=O)N1CCCC1c1ncc(-c2cc3ccc2CCc2ccc(c(-c4cnc(C5CCCN5C(=O)C(NC(C)=O)C(C)C)[nH]4)c2)CC3)[nH]1)C(C)C. The zero-order valence-electron chi connectivity index (χ0n) is 34.0. The van der Waals surface area contributed by atoms with Crippen LogP contribution in [-0.2, 0) is 44.8 Å². The fraction of sp³-hybridized carbons (Fsp3) is 0.500. The molecule has 2 saturated heterocycles. The Kier molecular flexibility index (Phi) is 11.8. The van der Waals surface area contributed by atoms with Crippen LogP contribution < -0.4 is 10.6 Å². The molecule has 13 heteroatoms. The summed E-state index contributed by atoms with van der Waals surface area (Å²) in [5, 5.41) is 5.59. The summed E-state index contributed by atoms with van der Waals surface area (Å²) < 4.78 is 4.80. The third-order valence-corrected chi connectivity index (χ3v) is 11.9. The van der Waals surface area contributed by atoms with Gasteiger partial charge >= 0.3 is 6.09 Å². The van der Waals surface area contributed by atoms with Crippen LogP contribution in [-0.4, -0.2) is 85.8 Å². The number of carbonyl (C=O) groups excluding carboxylic acids is 4. The van der Waals surface area contributed by atoms with Crippen molar-refractivity contribution in [3.63, 3.8) is 0 Å². The predicted molar refractivity (Wildman–Crippen MR) is 217 cm³/mol. The lowest BCUT2D eigenvalue weighted by Gasteiger charge is -2.30. The molecule has 4 aliphatic carbocycles. The zero-order chi connectivity index (χ0) is 40.4. The number of rotatable bonds is 10. The summed E-state index contributed by atoms with van der Waals surface area (Å²) in [6.45, 7) is 10.4. The largest absolute Gasteiger partial charge is 0.453 e. The van der Waals surface area contributed by atoms with Crippen LogP contribution in [0.15, 0.2) is 48.8 Å². The lowest BCUT2D eigenvalue weighted by Crippen LogP contribution is -2.51. The van der Waals surface area contributed by atoms with E-state index >= 15 is 0 Å². The second-order valence-electron chi connectivity index (χ2n) is 16.5. The van der Waals surface area contributed by atoms with Gasteiger partial charge < -0.3 is 35.1 Å². The van der Waals surface area contributed by atoms with Gasteiger partial charge in [0.25, 0.3) is 0 Å². The van der Waals surface area contributed by atoms with Gasteiger partial charge in [-0.3, -0.25) is 14.4 Å². The third-order valence-electron chi connectivity index (χ3n) is 11.9. The fourth-order valence-corrected chi connectivity index (χ4v) is 8.76. The highest BCUT2D eigenvalue weighted by Crippen LogP contribution is 2.36. The van der Waals surface area contributed by atoms with Crippen LogP contribution >= 0.6 is 0 Å². The highest BCUT2D eigenvalue weighted by molar-refractivity contribution is 5.88. The van der Waals surface area contributed by atoms with Gasteiger partial charge in [-0.1, -0.05) is 52.0 Å². The van der Waals surface area contributed by atoms with Gasteiger partial charge in [-0.15, -0.1) is 0 Å². The summed E-state index contributed by atoms with van der Waals surface area (Å²) in [5.41, 5.74) is 9.01. The smallest absolute Gasteiger partial charge is 0.407 e. The number of amides is 4. The first-order valence-electron chi connectivity index (χ1n) is 20.5. The van der Waals surface area contributed by atoms with Crippen LogP contribution in [0.2, 0.25) is 0 Å². The minimum absolute atomic E-state index is 0.0296. The van der Waals surface area contributed by atoms with E-state index in [1.807, 2.05) is 49.9 Å². The molecule has 6 aliphatic rings. The monoisotopic (exact) mass is 776 g/mol. The summed E-state index contributed by atoms with van der Waals surface area (Å²) in [7, 11) is 1.30. The van der Waals surface area contributed by atoms with E-state index in [2.05, 4.69) is 57.0 Å². The maximum absolute atomic E-state index is 13.7. The molecule has 4 amide bonds. The number of nitrogens with one attached hydrogen (secondary N) is 4. The first-order valence-corrected chi connectivity index (χ1v) is 20.5. The molecule has 4 bridgehead atoms. The Morgan fingerprint density at radius 2 is 1.16 bits per heavy atom. The number of alkyl carbamates (subject to hydrolysis) is 1. The number of aromatic amines is 2. The van der Waals surface area contributed by atoms with Crippen LogP contribution in [0.5, 0.6) is 0 Å². The average Bonchev–Trinajstić information content (AvgIpc) is 4.02. The topological polar surface area (TPSA) is 165 Å². The number of benzene rings is 2. The molecule has 2 fully saturated rings. The van der Waals surface area contributed by atoms with E-state index in [1.54, 1.807) is 0 Å². The van der Waals surface area contributed by atoms with Gasteiger partial charge in [-0.2, -0.15) is 0 Å². The van der Waals surface area contributed by atoms with Crippen molar-refractivity contribution in [2.45, 2.75) is 110 Å². The molecule has 2 aromatic carbocycles. The molecule has 4 atom stereocenters. The molecule has 2 aromatic heterocycles.